The van der Waals surface area contributed by atoms with Gasteiger partial charge in [-0.1, -0.05) is 12.1 Å². The summed E-state index contributed by atoms with van der Waals surface area (Å²) in [5.41, 5.74) is 5.32. The molecule has 1 atom stereocenters. The van der Waals surface area contributed by atoms with E-state index in [2.05, 4.69) is 33.5 Å². The zero-order chi connectivity index (χ0) is 22.5. The average molecular weight is 439 g/mol. The van der Waals surface area contributed by atoms with E-state index in [-0.39, 0.29) is 12.1 Å². The first-order valence-electron chi connectivity index (χ1n) is 10.9. The number of pyridine rings is 1. The Balaban J connectivity index is 1.72. The molecule has 2 N–H and O–H groups in total. The number of hydrogen-bond donors (Lipinski definition) is 2. The summed E-state index contributed by atoms with van der Waals surface area (Å²) in [7, 11) is 1.69. The highest BCUT2D eigenvalue weighted by molar-refractivity contribution is 5.91. The van der Waals surface area contributed by atoms with E-state index in [1.807, 2.05) is 42.1 Å². The normalized spacial score (nSPS) is 16.3. The van der Waals surface area contributed by atoms with Crippen LogP contribution in [0, 0.1) is 0 Å². The Morgan fingerprint density at radius 3 is 2.84 bits per heavy atom. The molecular formula is C23H30N6O3. The number of carbonyl (C=O) groups is 1. The Morgan fingerprint density at radius 1 is 1.31 bits per heavy atom. The van der Waals surface area contributed by atoms with Gasteiger partial charge in [0, 0.05) is 44.0 Å². The van der Waals surface area contributed by atoms with Crippen LogP contribution in [-0.4, -0.2) is 66.6 Å². The number of morpholine rings is 1. The number of nitrogens with zero attached hydrogens (tertiary/aromatic N) is 4. The number of anilines is 2. The van der Waals surface area contributed by atoms with E-state index in [9.17, 15) is 4.79 Å². The molecule has 2 aromatic heterocycles. The Morgan fingerprint density at radius 2 is 2.12 bits per heavy atom. The number of amides is 2. The number of nitrogens with one attached hydrogen (secondary N) is 2. The summed E-state index contributed by atoms with van der Waals surface area (Å²) in [4.78, 5) is 23.8. The van der Waals surface area contributed by atoms with Gasteiger partial charge in [-0.25, -0.2) is 14.8 Å². The average Bonchev–Trinajstić information content (AvgIpc) is 3.21. The van der Waals surface area contributed by atoms with Gasteiger partial charge in [0.25, 0.3) is 0 Å². The maximum Gasteiger partial charge on any atom is 0.319 e. The number of carbonyl (C=O) groups excluding carboxylic acids is 1. The van der Waals surface area contributed by atoms with Gasteiger partial charge in [-0.05, 0) is 32.0 Å². The van der Waals surface area contributed by atoms with Crippen LogP contribution in [-0.2, 0) is 16.0 Å². The molecule has 0 spiro atoms. The summed E-state index contributed by atoms with van der Waals surface area (Å²) < 4.78 is 12.9. The molecule has 1 aromatic carbocycles. The molecule has 170 valence electrons. The second kappa shape index (κ2) is 9.97. The molecule has 32 heavy (non-hydrogen) atoms. The van der Waals surface area contributed by atoms with E-state index in [0.717, 1.165) is 40.3 Å². The largest absolute Gasteiger partial charge is 0.383 e. The molecule has 0 radical (unpaired) electrons. The van der Waals surface area contributed by atoms with Crippen molar-refractivity contribution in [3.63, 3.8) is 0 Å². The van der Waals surface area contributed by atoms with Crippen molar-refractivity contribution in [2.45, 2.75) is 26.4 Å². The zero-order valence-corrected chi connectivity index (χ0v) is 18.8. The van der Waals surface area contributed by atoms with Crippen LogP contribution in [0.1, 0.15) is 13.8 Å². The van der Waals surface area contributed by atoms with Crippen molar-refractivity contribution in [3.8, 4) is 11.3 Å². The maximum atomic E-state index is 11.8. The fourth-order valence-electron chi connectivity index (χ4n) is 3.88. The van der Waals surface area contributed by atoms with Crippen LogP contribution in [0.2, 0.25) is 0 Å². The van der Waals surface area contributed by atoms with E-state index < -0.39 is 0 Å². The van der Waals surface area contributed by atoms with Gasteiger partial charge in [0.1, 0.15) is 5.52 Å². The number of aromatic nitrogens is 3. The van der Waals surface area contributed by atoms with Crippen molar-refractivity contribution < 1.29 is 14.3 Å². The van der Waals surface area contributed by atoms with Crippen LogP contribution < -0.4 is 15.5 Å². The summed E-state index contributed by atoms with van der Waals surface area (Å²) in [6.07, 6.45) is 1.83. The van der Waals surface area contributed by atoms with Crippen molar-refractivity contribution in [1.29, 1.82) is 0 Å². The Bertz CT molecular complexity index is 1070. The minimum absolute atomic E-state index is 0.217. The van der Waals surface area contributed by atoms with E-state index in [4.69, 9.17) is 14.5 Å². The van der Waals surface area contributed by atoms with Gasteiger partial charge < -0.3 is 29.6 Å². The number of urea groups is 1. The second-order valence-electron chi connectivity index (χ2n) is 7.81. The Hall–Kier alpha value is -3.17. The van der Waals surface area contributed by atoms with Crippen molar-refractivity contribution in [1.82, 2.24) is 19.9 Å². The molecule has 0 aliphatic carbocycles. The lowest BCUT2D eigenvalue weighted by Crippen LogP contribution is -2.43. The summed E-state index contributed by atoms with van der Waals surface area (Å²) in [6, 6.07) is 9.84. The first-order chi connectivity index (χ1) is 15.6. The molecule has 3 heterocycles. The maximum absolute atomic E-state index is 11.8. The molecule has 0 saturated carbocycles. The topological polar surface area (TPSA) is 93.5 Å². The zero-order valence-electron chi connectivity index (χ0n) is 18.8. The van der Waals surface area contributed by atoms with Gasteiger partial charge >= 0.3 is 6.03 Å². The molecular weight excluding hydrogens is 408 g/mol. The summed E-state index contributed by atoms with van der Waals surface area (Å²) in [5.74, 6) is 0. The van der Waals surface area contributed by atoms with Gasteiger partial charge in [0.05, 0.1) is 37.5 Å². The minimum atomic E-state index is -0.217. The first kappa shape index (κ1) is 22.0. The van der Waals surface area contributed by atoms with E-state index in [1.165, 1.54) is 0 Å². The van der Waals surface area contributed by atoms with Gasteiger partial charge in [0.15, 0.2) is 5.65 Å². The molecule has 9 heteroatoms. The molecule has 0 bridgehead atoms. The first-order valence-corrected chi connectivity index (χ1v) is 10.9. The lowest BCUT2D eigenvalue weighted by molar-refractivity contribution is 0.0991. The lowest BCUT2D eigenvalue weighted by atomic mass is 10.1. The number of ether oxygens (including phenoxy) is 2. The fraction of sp³-hybridized carbons (Fsp3) is 0.435. The highest BCUT2D eigenvalue weighted by Crippen LogP contribution is 2.32. The van der Waals surface area contributed by atoms with Crippen molar-refractivity contribution >= 4 is 28.6 Å². The predicted molar refractivity (Wildman–Crippen MR) is 125 cm³/mol. The van der Waals surface area contributed by atoms with Crippen LogP contribution in [0.15, 0.2) is 36.7 Å². The van der Waals surface area contributed by atoms with Crippen LogP contribution in [0.5, 0.6) is 0 Å². The van der Waals surface area contributed by atoms with Crippen LogP contribution in [0.3, 0.4) is 0 Å². The highest BCUT2D eigenvalue weighted by atomic mass is 16.5. The van der Waals surface area contributed by atoms with Crippen LogP contribution >= 0.6 is 0 Å². The number of hydrogen-bond acceptors (Lipinski definition) is 6. The Labute approximate surface area is 187 Å². The van der Waals surface area contributed by atoms with Crippen LogP contribution in [0.4, 0.5) is 16.2 Å². The predicted octanol–water partition coefficient (Wildman–Crippen LogP) is 3.11. The number of rotatable bonds is 7. The monoisotopic (exact) mass is 438 g/mol. The fourth-order valence-corrected chi connectivity index (χ4v) is 3.88. The lowest BCUT2D eigenvalue weighted by Gasteiger charge is -2.35. The third kappa shape index (κ3) is 4.68. The molecule has 1 aliphatic rings. The summed E-state index contributed by atoms with van der Waals surface area (Å²) in [6.45, 7) is 8.06. The van der Waals surface area contributed by atoms with Gasteiger partial charge in [-0.15, -0.1) is 0 Å². The number of fused-ring (bicyclic) bond motifs is 1. The van der Waals surface area contributed by atoms with Crippen molar-refractivity contribution in [2.24, 2.45) is 0 Å². The standard InChI is InChI=1S/C23H30N6O3/c1-4-24-23(30)26-18-7-5-17(6-8-18)19-13-20(29-10-12-32-14-16(29)2)21-22(27-19)28(15-25-21)9-11-31-3/h5-8,13,15-16H,4,9-12,14H2,1-3H3,(H2,24,26,30)/t16-/m0/s1. The smallest absolute Gasteiger partial charge is 0.319 e. The minimum Gasteiger partial charge on any atom is -0.383 e. The van der Waals surface area contributed by atoms with Gasteiger partial charge in [-0.3, -0.25) is 0 Å². The SMILES string of the molecule is CCNC(=O)Nc1ccc(-c2cc(N3CCOC[C@@H]3C)c3ncn(CCOC)c3n2)cc1. The van der Waals surface area contributed by atoms with Gasteiger partial charge in [0.2, 0.25) is 0 Å². The molecule has 9 nitrogen and oxygen atoms in total. The van der Waals surface area contributed by atoms with Crippen molar-refractivity contribution in [3.05, 3.63) is 36.7 Å². The molecule has 2 amide bonds. The van der Waals surface area contributed by atoms with E-state index in [0.29, 0.717) is 32.9 Å². The number of imidazole rings is 1. The third-order valence-electron chi connectivity index (χ3n) is 5.54. The Kier molecular flexibility index (Phi) is 6.87. The number of benzene rings is 1. The molecule has 4 rings (SSSR count). The van der Waals surface area contributed by atoms with Crippen LogP contribution in [0.25, 0.3) is 22.4 Å². The molecule has 1 saturated heterocycles. The second-order valence-corrected chi connectivity index (χ2v) is 7.81. The highest BCUT2D eigenvalue weighted by Gasteiger charge is 2.24. The number of methoxy groups -OCH3 is 1. The quantitative estimate of drug-likeness (QED) is 0.589. The van der Waals surface area contributed by atoms with Gasteiger partial charge in [-0.2, -0.15) is 0 Å². The third-order valence-corrected chi connectivity index (χ3v) is 5.54. The van der Waals surface area contributed by atoms with E-state index in [1.54, 1.807) is 7.11 Å². The summed E-state index contributed by atoms with van der Waals surface area (Å²) in [5, 5.41) is 5.56. The molecule has 1 fully saturated rings. The molecule has 1 aliphatic heterocycles. The summed E-state index contributed by atoms with van der Waals surface area (Å²) >= 11 is 0. The van der Waals surface area contributed by atoms with Crippen molar-refractivity contribution in [2.75, 3.05) is 50.2 Å². The van der Waals surface area contributed by atoms with E-state index >= 15 is 0 Å². The molecule has 3 aromatic rings. The molecule has 0 unspecified atom stereocenters.